The number of benzene rings is 4. The maximum Gasteiger partial charge on any atom is 0.271 e. The SMILES string of the molecule is [C-]#[N+]/C(C#N)=C1\c2cc(-c3cccc4ccccc34)ccc2-c2nc3cc(C#N)c(C#N)cc3nc21. The van der Waals surface area contributed by atoms with Crippen molar-refractivity contribution in [2.75, 3.05) is 0 Å². The first kappa shape index (κ1) is 20.8. The summed E-state index contributed by atoms with van der Waals surface area (Å²) in [7, 11) is 0. The molecule has 0 saturated heterocycles. The first-order valence-electron chi connectivity index (χ1n) is 11.0. The average Bonchev–Trinajstić information content (AvgIpc) is 3.23. The van der Waals surface area contributed by atoms with Crippen molar-refractivity contribution in [1.82, 2.24) is 9.97 Å². The van der Waals surface area contributed by atoms with E-state index in [0.717, 1.165) is 27.5 Å². The highest BCUT2D eigenvalue weighted by Gasteiger charge is 2.30. The fourth-order valence-electron chi connectivity index (χ4n) is 4.76. The van der Waals surface area contributed by atoms with Gasteiger partial charge < -0.3 is 0 Å². The molecule has 0 atom stereocenters. The van der Waals surface area contributed by atoms with Crippen molar-refractivity contribution < 1.29 is 0 Å². The Morgan fingerprint density at radius 2 is 1.42 bits per heavy atom. The molecule has 0 unspecified atom stereocenters. The third-order valence-corrected chi connectivity index (χ3v) is 6.38. The van der Waals surface area contributed by atoms with Crippen LogP contribution in [0, 0.1) is 40.6 Å². The molecule has 1 aliphatic carbocycles. The Morgan fingerprint density at radius 1 is 0.722 bits per heavy atom. The van der Waals surface area contributed by atoms with Crippen molar-refractivity contribution in [3.05, 3.63) is 112 Å². The van der Waals surface area contributed by atoms with E-state index in [1.54, 1.807) is 6.07 Å². The van der Waals surface area contributed by atoms with Crippen molar-refractivity contribution >= 4 is 27.4 Å². The minimum atomic E-state index is -0.0760. The van der Waals surface area contributed by atoms with E-state index in [1.807, 2.05) is 60.7 Å². The Hall–Kier alpha value is -5.82. The lowest BCUT2D eigenvalue weighted by Crippen LogP contribution is -1.96. The molecule has 0 spiro atoms. The first-order chi connectivity index (χ1) is 17.7. The van der Waals surface area contributed by atoms with Gasteiger partial charge in [0.1, 0.15) is 12.1 Å². The molecule has 1 aliphatic rings. The molecule has 6 heteroatoms. The molecule has 1 aromatic heterocycles. The summed E-state index contributed by atoms with van der Waals surface area (Å²) in [6.45, 7) is 7.63. The number of nitriles is 3. The van der Waals surface area contributed by atoms with Crippen LogP contribution >= 0.6 is 0 Å². The summed E-state index contributed by atoms with van der Waals surface area (Å²) in [6, 6.07) is 29.3. The molecule has 0 N–H and O–H groups in total. The molecule has 36 heavy (non-hydrogen) atoms. The van der Waals surface area contributed by atoms with Gasteiger partial charge in [0.2, 0.25) is 0 Å². The van der Waals surface area contributed by atoms with Crippen molar-refractivity contribution in [3.63, 3.8) is 0 Å². The van der Waals surface area contributed by atoms with Gasteiger partial charge >= 0.3 is 0 Å². The molecule has 0 radical (unpaired) electrons. The summed E-state index contributed by atoms with van der Waals surface area (Å²) in [4.78, 5) is 13.0. The standard InChI is InChI=1S/C30H12N6/c1-34-27(16-33)28-24-11-18(22-8-4-6-17-5-2-3-7-21(17)22)9-10-23(24)29-30(28)36-26-13-20(15-32)19(14-31)12-25(26)35-29/h2-13H/b28-27+. The zero-order valence-electron chi connectivity index (χ0n) is 18.6. The highest BCUT2D eigenvalue weighted by atomic mass is 14.9. The van der Waals surface area contributed by atoms with Gasteiger partial charge in [0, 0.05) is 11.1 Å². The van der Waals surface area contributed by atoms with Gasteiger partial charge in [0.05, 0.1) is 46.2 Å². The van der Waals surface area contributed by atoms with Gasteiger partial charge in [-0.3, -0.25) is 0 Å². The number of rotatable bonds is 1. The lowest BCUT2D eigenvalue weighted by Gasteiger charge is -2.10. The third kappa shape index (κ3) is 2.94. The number of allylic oxidation sites excluding steroid dienone is 1. The van der Waals surface area contributed by atoms with Gasteiger partial charge in [-0.1, -0.05) is 54.6 Å². The molecule has 0 bridgehead atoms. The van der Waals surface area contributed by atoms with E-state index >= 15 is 0 Å². The summed E-state index contributed by atoms with van der Waals surface area (Å²) < 4.78 is 0. The molecular formula is C30H12N6. The molecule has 162 valence electrons. The Balaban J connectivity index is 1.66. The predicted molar refractivity (Wildman–Crippen MR) is 136 cm³/mol. The number of aromatic nitrogens is 2. The second-order valence-electron chi connectivity index (χ2n) is 8.27. The summed E-state index contributed by atoms with van der Waals surface area (Å²) in [6.07, 6.45) is 0. The second-order valence-corrected chi connectivity index (χ2v) is 8.27. The van der Waals surface area contributed by atoms with E-state index in [-0.39, 0.29) is 16.8 Å². The van der Waals surface area contributed by atoms with Crippen molar-refractivity contribution in [1.29, 1.82) is 15.8 Å². The minimum absolute atomic E-state index is 0.0760. The van der Waals surface area contributed by atoms with E-state index in [0.29, 0.717) is 33.6 Å². The van der Waals surface area contributed by atoms with Gasteiger partial charge in [-0.25, -0.2) is 20.1 Å². The summed E-state index contributed by atoms with van der Waals surface area (Å²) in [5.74, 6) is 0. The molecule has 0 fully saturated rings. The summed E-state index contributed by atoms with van der Waals surface area (Å²) >= 11 is 0. The van der Waals surface area contributed by atoms with E-state index in [9.17, 15) is 15.8 Å². The van der Waals surface area contributed by atoms with Gasteiger partial charge in [-0.2, -0.15) is 10.5 Å². The molecule has 0 amide bonds. The lowest BCUT2D eigenvalue weighted by molar-refractivity contribution is 1.27. The Kier molecular flexibility index (Phi) is 4.55. The van der Waals surface area contributed by atoms with Crippen LogP contribution in [0.1, 0.15) is 22.4 Å². The normalized spacial score (nSPS) is 12.7. The molecule has 0 aliphatic heterocycles. The van der Waals surface area contributed by atoms with Crippen molar-refractivity contribution in [2.45, 2.75) is 0 Å². The Bertz CT molecular complexity index is 1970. The molecule has 1 heterocycles. The van der Waals surface area contributed by atoms with Crippen LogP contribution in [-0.4, -0.2) is 9.97 Å². The van der Waals surface area contributed by atoms with Crippen LogP contribution in [0.3, 0.4) is 0 Å². The van der Waals surface area contributed by atoms with Gasteiger partial charge in [0.15, 0.2) is 0 Å². The van der Waals surface area contributed by atoms with Gasteiger partial charge in [-0.15, -0.1) is 0 Å². The van der Waals surface area contributed by atoms with Crippen LogP contribution < -0.4 is 0 Å². The average molecular weight is 456 g/mol. The van der Waals surface area contributed by atoms with E-state index in [1.165, 1.54) is 6.07 Å². The number of hydrogen-bond acceptors (Lipinski definition) is 5. The molecule has 6 rings (SSSR count). The predicted octanol–water partition coefficient (Wildman–Crippen LogP) is 6.38. The summed E-state index contributed by atoms with van der Waals surface area (Å²) in [5, 5.41) is 30.9. The lowest BCUT2D eigenvalue weighted by atomic mass is 9.94. The number of fused-ring (bicyclic) bond motifs is 5. The van der Waals surface area contributed by atoms with E-state index in [2.05, 4.69) is 23.0 Å². The first-order valence-corrected chi connectivity index (χ1v) is 11.0. The van der Waals surface area contributed by atoms with Crippen LogP contribution in [0.4, 0.5) is 0 Å². The van der Waals surface area contributed by atoms with E-state index < -0.39 is 0 Å². The fourth-order valence-corrected chi connectivity index (χ4v) is 4.76. The minimum Gasteiger partial charge on any atom is -0.245 e. The fraction of sp³-hybridized carbons (Fsp3) is 0. The molecule has 0 saturated carbocycles. The molecule has 5 aromatic rings. The smallest absolute Gasteiger partial charge is 0.245 e. The highest BCUT2D eigenvalue weighted by Crippen LogP contribution is 2.46. The quantitative estimate of drug-likeness (QED) is 0.211. The molecule has 6 nitrogen and oxygen atoms in total. The highest BCUT2D eigenvalue weighted by molar-refractivity contribution is 6.05. The topological polar surface area (TPSA) is 102 Å². The van der Waals surface area contributed by atoms with Crippen LogP contribution in [0.25, 0.3) is 54.6 Å². The molecular weight excluding hydrogens is 444 g/mol. The van der Waals surface area contributed by atoms with Crippen LogP contribution in [-0.2, 0) is 0 Å². The van der Waals surface area contributed by atoms with Gasteiger partial charge in [-0.05, 0) is 45.7 Å². The largest absolute Gasteiger partial charge is 0.271 e. The molecule has 4 aromatic carbocycles. The monoisotopic (exact) mass is 456 g/mol. The maximum absolute atomic E-state index is 9.78. The summed E-state index contributed by atoms with van der Waals surface area (Å²) in [5.41, 5.74) is 6.08. The third-order valence-electron chi connectivity index (χ3n) is 6.38. The Morgan fingerprint density at radius 3 is 2.11 bits per heavy atom. The van der Waals surface area contributed by atoms with Gasteiger partial charge in [0.25, 0.3) is 5.70 Å². The van der Waals surface area contributed by atoms with Crippen molar-refractivity contribution in [2.24, 2.45) is 0 Å². The number of nitrogens with zero attached hydrogens (tertiary/aromatic N) is 6. The van der Waals surface area contributed by atoms with Crippen LogP contribution in [0.5, 0.6) is 0 Å². The van der Waals surface area contributed by atoms with E-state index in [4.69, 9.17) is 16.5 Å². The van der Waals surface area contributed by atoms with Crippen molar-refractivity contribution in [3.8, 4) is 40.6 Å². The Labute approximate surface area is 206 Å². The number of hydrogen-bond donors (Lipinski definition) is 0. The maximum atomic E-state index is 9.78. The zero-order valence-corrected chi connectivity index (χ0v) is 18.6. The second kappa shape index (κ2) is 7.89. The van der Waals surface area contributed by atoms with Crippen LogP contribution in [0.15, 0.2) is 78.5 Å². The van der Waals surface area contributed by atoms with Crippen LogP contribution in [0.2, 0.25) is 0 Å². The zero-order chi connectivity index (χ0) is 24.8.